The number of hydrogen-bond donors (Lipinski definition) is 1. The highest BCUT2D eigenvalue weighted by Gasteiger charge is 2.15. The predicted molar refractivity (Wildman–Crippen MR) is 90.3 cm³/mol. The van der Waals surface area contributed by atoms with Crippen LogP contribution in [0.25, 0.3) is 10.9 Å². The zero-order valence-electron chi connectivity index (χ0n) is 13.7. The molecule has 2 rings (SSSR count). The Hall–Kier alpha value is -2.52. The molecule has 1 heterocycles. The molecular formula is C17H22N4O2. The Bertz CT molecular complexity index is 717. The van der Waals surface area contributed by atoms with Crippen LogP contribution in [0.3, 0.4) is 0 Å². The minimum atomic E-state index is -0.220. The van der Waals surface area contributed by atoms with Crippen molar-refractivity contribution in [3.05, 3.63) is 30.5 Å². The van der Waals surface area contributed by atoms with E-state index in [4.69, 9.17) is 10.00 Å². The Labute approximate surface area is 136 Å². The Morgan fingerprint density at radius 2 is 2.26 bits per heavy atom. The number of anilines is 1. The van der Waals surface area contributed by atoms with Gasteiger partial charge < -0.3 is 19.5 Å². The van der Waals surface area contributed by atoms with Crippen molar-refractivity contribution in [2.75, 3.05) is 26.1 Å². The predicted octanol–water partition coefficient (Wildman–Crippen LogP) is 3.05. The number of fused-ring (bicyclic) bond motifs is 1. The SMILES string of the molecule is COCCn1ccc2ccc(NC(=O)N(C)[C@@H](C)CC#N)cc21. The largest absolute Gasteiger partial charge is 0.383 e. The van der Waals surface area contributed by atoms with E-state index in [1.54, 1.807) is 14.2 Å². The number of nitrogens with one attached hydrogen (secondary N) is 1. The first-order valence-electron chi connectivity index (χ1n) is 7.55. The van der Waals surface area contributed by atoms with E-state index < -0.39 is 0 Å². The fourth-order valence-corrected chi connectivity index (χ4v) is 2.33. The third-order valence-corrected chi connectivity index (χ3v) is 3.93. The number of hydrogen-bond acceptors (Lipinski definition) is 3. The first-order chi connectivity index (χ1) is 11.1. The van der Waals surface area contributed by atoms with E-state index >= 15 is 0 Å². The topological polar surface area (TPSA) is 70.3 Å². The molecule has 1 aromatic heterocycles. The highest BCUT2D eigenvalue weighted by molar-refractivity contribution is 5.92. The number of carbonyl (C=O) groups is 1. The number of carbonyl (C=O) groups excluding carboxylic acids is 1. The summed E-state index contributed by atoms with van der Waals surface area (Å²) in [5.41, 5.74) is 1.78. The number of nitriles is 1. The van der Waals surface area contributed by atoms with E-state index in [2.05, 4.69) is 16.0 Å². The van der Waals surface area contributed by atoms with Gasteiger partial charge in [-0.15, -0.1) is 0 Å². The summed E-state index contributed by atoms with van der Waals surface area (Å²) < 4.78 is 7.21. The van der Waals surface area contributed by atoms with Gasteiger partial charge in [-0.2, -0.15) is 5.26 Å². The van der Waals surface area contributed by atoms with Crippen LogP contribution in [-0.2, 0) is 11.3 Å². The Kier molecular flexibility index (Phi) is 5.61. The Morgan fingerprint density at radius 1 is 1.48 bits per heavy atom. The molecule has 2 aromatic rings. The highest BCUT2D eigenvalue weighted by Crippen LogP contribution is 2.21. The van der Waals surface area contributed by atoms with Gasteiger partial charge in [-0.25, -0.2) is 4.79 Å². The van der Waals surface area contributed by atoms with Crippen molar-refractivity contribution in [1.82, 2.24) is 9.47 Å². The zero-order valence-corrected chi connectivity index (χ0v) is 13.7. The van der Waals surface area contributed by atoms with Crippen LogP contribution < -0.4 is 5.32 Å². The van der Waals surface area contributed by atoms with Crippen LogP contribution in [0.5, 0.6) is 0 Å². The van der Waals surface area contributed by atoms with Crippen molar-refractivity contribution >= 4 is 22.6 Å². The molecular weight excluding hydrogens is 292 g/mol. The molecule has 0 saturated heterocycles. The number of ether oxygens (including phenoxy) is 1. The number of nitrogens with zero attached hydrogens (tertiary/aromatic N) is 3. The van der Waals surface area contributed by atoms with E-state index in [0.717, 1.165) is 23.1 Å². The summed E-state index contributed by atoms with van der Waals surface area (Å²) in [7, 11) is 3.37. The van der Waals surface area contributed by atoms with Crippen LogP contribution in [0.4, 0.5) is 10.5 Å². The van der Waals surface area contributed by atoms with Crippen molar-refractivity contribution in [3.63, 3.8) is 0 Å². The molecule has 0 bridgehead atoms. The maximum atomic E-state index is 12.2. The molecule has 1 N–H and O–H groups in total. The van der Waals surface area contributed by atoms with E-state index in [0.29, 0.717) is 13.0 Å². The van der Waals surface area contributed by atoms with Crippen LogP contribution in [0.15, 0.2) is 30.5 Å². The molecule has 0 unspecified atom stereocenters. The molecule has 6 nitrogen and oxygen atoms in total. The van der Waals surface area contributed by atoms with Crippen molar-refractivity contribution in [2.24, 2.45) is 0 Å². The summed E-state index contributed by atoms with van der Waals surface area (Å²) >= 11 is 0. The number of amides is 2. The molecule has 0 aliphatic heterocycles. The first kappa shape index (κ1) is 16.8. The van der Waals surface area contributed by atoms with Gasteiger partial charge in [0.05, 0.1) is 24.6 Å². The molecule has 6 heteroatoms. The van der Waals surface area contributed by atoms with Crippen LogP contribution in [-0.4, -0.2) is 42.3 Å². The average Bonchev–Trinajstić information content (AvgIpc) is 2.94. The molecule has 1 atom stereocenters. The van der Waals surface area contributed by atoms with E-state index in [9.17, 15) is 4.79 Å². The molecule has 23 heavy (non-hydrogen) atoms. The Balaban J connectivity index is 2.14. The number of rotatable bonds is 6. The van der Waals surface area contributed by atoms with Crippen molar-refractivity contribution < 1.29 is 9.53 Å². The monoisotopic (exact) mass is 314 g/mol. The van der Waals surface area contributed by atoms with Crippen LogP contribution in [0, 0.1) is 11.3 Å². The van der Waals surface area contributed by atoms with E-state index in [1.165, 1.54) is 4.90 Å². The van der Waals surface area contributed by atoms with Crippen molar-refractivity contribution in [3.8, 4) is 6.07 Å². The summed E-state index contributed by atoms with van der Waals surface area (Å²) in [5.74, 6) is 0. The average molecular weight is 314 g/mol. The quantitative estimate of drug-likeness (QED) is 0.891. The second-order valence-electron chi connectivity index (χ2n) is 5.53. The molecule has 122 valence electrons. The molecule has 1 aromatic carbocycles. The van der Waals surface area contributed by atoms with Crippen LogP contribution in [0.1, 0.15) is 13.3 Å². The third kappa shape index (κ3) is 4.02. The minimum absolute atomic E-state index is 0.130. The molecule has 0 spiro atoms. The number of aromatic nitrogens is 1. The van der Waals surface area contributed by atoms with Gasteiger partial charge in [-0.05, 0) is 30.5 Å². The lowest BCUT2D eigenvalue weighted by atomic mass is 10.2. The molecule has 0 fully saturated rings. The fourth-order valence-electron chi connectivity index (χ4n) is 2.33. The molecule has 0 aliphatic rings. The van der Waals surface area contributed by atoms with Crippen molar-refractivity contribution in [1.29, 1.82) is 5.26 Å². The van der Waals surface area contributed by atoms with Crippen LogP contribution >= 0.6 is 0 Å². The second kappa shape index (κ2) is 7.65. The van der Waals surface area contributed by atoms with Gasteiger partial charge in [0.25, 0.3) is 0 Å². The summed E-state index contributed by atoms with van der Waals surface area (Å²) in [4.78, 5) is 13.8. The molecule has 0 aliphatic carbocycles. The van der Waals surface area contributed by atoms with Crippen LogP contribution in [0.2, 0.25) is 0 Å². The minimum Gasteiger partial charge on any atom is -0.383 e. The third-order valence-electron chi connectivity index (χ3n) is 3.93. The van der Waals surface area contributed by atoms with Gasteiger partial charge in [0.1, 0.15) is 0 Å². The van der Waals surface area contributed by atoms with E-state index in [-0.39, 0.29) is 12.1 Å². The molecule has 0 radical (unpaired) electrons. The number of methoxy groups -OCH3 is 1. The highest BCUT2D eigenvalue weighted by atomic mass is 16.5. The Morgan fingerprint density at radius 3 is 2.96 bits per heavy atom. The standard InChI is InChI=1S/C17H22N4O2/c1-13(6-8-18)20(2)17(22)19-15-5-4-14-7-9-21(10-11-23-3)16(14)12-15/h4-5,7,9,12-13H,6,10-11H2,1-3H3,(H,19,22)/t13-/m0/s1. The molecule has 2 amide bonds. The van der Waals surface area contributed by atoms with Gasteiger partial charge in [-0.3, -0.25) is 0 Å². The van der Waals surface area contributed by atoms with Gasteiger partial charge in [-0.1, -0.05) is 6.07 Å². The summed E-state index contributed by atoms with van der Waals surface area (Å²) in [6.45, 7) is 3.24. The van der Waals surface area contributed by atoms with E-state index in [1.807, 2.05) is 37.4 Å². The van der Waals surface area contributed by atoms with Crippen molar-refractivity contribution in [2.45, 2.75) is 25.9 Å². The molecule has 0 saturated carbocycles. The van der Waals surface area contributed by atoms with Gasteiger partial charge in [0, 0.05) is 38.6 Å². The van der Waals surface area contributed by atoms with Gasteiger partial charge >= 0.3 is 6.03 Å². The smallest absolute Gasteiger partial charge is 0.321 e. The maximum Gasteiger partial charge on any atom is 0.321 e. The lowest BCUT2D eigenvalue weighted by molar-refractivity contribution is 0.188. The number of benzene rings is 1. The second-order valence-corrected chi connectivity index (χ2v) is 5.53. The first-order valence-corrected chi connectivity index (χ1v) is 7.55. The maximum absolute atomic E-state index is 12.2. The summed E-state index contributed by atoms with van der Waals surface area (Å²) in [5, 5.41) is 12.7. The zero-order chi connectivity index (χ0) is 16.8. The van der Waals surface area contributed by atoms with Gasteiger partial charge in [0.2, 0.25) is 0 Å². The lowest BCUT2D eigenvalue weighted by Gasteiger charge is -2.23. The fraction of sp³-hybridized carbons (Fsp3) is 0.412. The normalized spacial score (nSPS) is 11.9. The van der Waals surface area contributed by atoms with Gasteiger partial charge in [0.15, 0.2) is 0 Å². The summed E-state index contributed by atoms with van der Waals surface area (Å²) in [6.07, 6.45) is 2.32. The lowest BCUT2D eigenvalue weighted by Crippen LogP contribution is -2.38. The number of urea groups is 1. The summed E-state index contributed by atoms with van der Waals surface area (Å²) in [6, 6.07) is 9.57.